The summed E-state index contributed by atoms with van der Waals surface area (Å²) in [5.74, 6) is -0.208. The van der Waals surface area contributed by atoms with Gasteiger partial charge in [-0.2, -0.15) is 0 Å². The van der Waals surface area contributed by atoms with E-state index in [1.807, 2.05) is 22.8 Å². The van der Waals surface area contributed by atoms with Crippen LogP contribution >= 0.6 is 11.6 Å². The predicted molar refractivity (Wildman–Crippen MR) is 90.6 cm³/mol. The fraction of sp³-hybridized carbons (Fsp3) is 0.0588. The molecule has 1 aromatic heterocycles. The van der Waals surface area contributed by atoms with Crippen LogP contribution in [-0.2, 0) is 16.8 Å². The summed E-state index contributed by atoms with van der Waals surface area (Å²) in [6.45, 7) is 0. The van der Waals surface area contributed by atoms with Crippen molar-refractivity contribution in [2.75, 3.05) is 0 Å². The molecule has 0 saturated carbocycles. The standard InChI is InChI=1S/C17H13ClFNO2S/c18-17-10-9-16(20(17)15-7-5-14(19)6-8-15)13-3-1-12(2-4-13)11-23(21)22/h1-10H,11H2,(H,21,22). The molecule has 0 radical (unpaired) electrons. The first-order chi connectivity index (χ1) is 11.0. The van der Waals surface area contributed by atoms with Gasteiger partial charge in [0.2, 0.25) is 0 Å². The summed E-state index contributed by atoms with van der Waals surface area (Å²) in [5.41, 5.74) is 3.31. The molecule has 1 unspecified atom stereocenters. The summed E-state index contributed by atoms with van der Waals surface area (Å²) in [5, 5.41) is 0.521. The van der Waals surface area contributed by atoms with E-state index in [0.717, 1.165) is 22.5 Å². The Morgan fingerprint density at radius 3 is 2.26 bits per heavy atom. The zero-order valence-electron chi connectivity index (χ0n) is 11.9. The minimum absolute atomic E-state index is 0.0972. The quantitative estimate of drug-likeness (QED) is 0.696. The van der Waals surface area contributed by atoms with Crippen molar-refractivity contribution in [1.29, 1.82) is 0 Å². The number of aromatic nitrogens is 1. The van der Waals surface area contributed by atoms with Crippen LogP contribution in [0.3, 0.4) is 0 Å². The normalized spacial score (nSPS) is 12.3. The summed E-state index contributed by atoms with van der Waals surface area (Å²) in [4.78, 5) is 0. The molecule has 0 aliphatic heterocycles. The van der Waals surface area contributed by atoms with Crippen LogP contribution in [0, 0.1) is 5.82 Å². The van der Waals surface area contributed by atoms with E-state index >= 15 is 0 Å². The Bertz CT molecular complexity index is 844. The predicted octanol–water partition coefficient (Wildman–Crippen LogP) is 4.66. The maximum absolute atomic E-state index is 13.1. The highest BCUT2D eigenvalue weighted by atomic mass is 35.5. The molecule has 0 aliphatic rings. The van der Waals surface area contributed by atoms with E-state index in [-0.39, 0.29) is 11.6 Å². The third-order valence-corrected chi connectivity index (χ3v) is 4.33. The maximum atomic E-state index is 13.1. The summed E-state index contributed by atoms with van der Waals surface area (Å²) in [6, 6.07) is 17.1. The Kier molecular flexibility index (Phi) is 4.61. The largest absolute Gasteiger partial charge is 0.306 e. The van der Waals surface area contributed by atoms with Gasteiger partial charge < -0.3 is 9.12 Å². The number of hydrogen-bond acceptors (Lipinski definition) is 1. The van der Waals surface area contributed by atoms with E-state index in [2.05, 4.69) is 0 Å². The van der Waals surface area contributed by atoms with Gasteiger partial charge in [0.15, 0.2) is 11.1 Å². The van der Waals surface area contributed by atoms with Crippen LogP contribution in [0.25, 0.3) is 16.9 Å². The van der Waals surface area contributed by atoms with Crippen molar-refractivity contribution in [3.8, 4) is 16.9 Å². The van der Waals surface area contributed by atoms with E-state index in [4.69, 9.17) is 16.2 Å². The highest BCUT2D eigenvalue weighted by molar-refractivity contribution is 7.78. The number of nitrogens with zero attached hydrogens (tertiary/aromatic N) is 1. The maximum Gasteiger partial charge on any atom is 0.157 e. The molecule has 6 heteroatoms. The molecule has 2 aromatic carbocycles. The van der Waals surface area contributed by atoms with Gasteiger partial charge in [0.25, 0.3) is 0 Å². The molecule has 1 heterocycles. The Morgan fingerprint density at radius 1 is 1.00 bits per heavy atom. The van der Waals surface area contributed by atoms with Crippen LogP contribution in [0.15, 0.2) is 60.7 Å². The molecule has 0 aliphatic carbocycles. The zero-order chi connectivity index (χ0) is 16.4. The minimum Gasteiger partial charge on any atom is -0.306 e. The first-order valence-electron chi connectivity index (χ1n) is 6.84. The van der Waals surface area contributed by atoms with Crippen molar-refractivity contribution in [1.82, 2.24) is 4.57 Å². The molecule has 0 spiro atoms. The molecule has 0 saturated heterocycles. The van der Waals surface area contributed by atoms with Gasteiger partial charge in [0, 0.05) is 5.69 Å². The molecule has 23 heavy (non-hydrogen) atoms. The van der Waals surface area contributed by atoms with Crippen LogP contribution in [0.4, 0.5) is 4.39 Å². The second-order valence-corrected chi connectivity index (χ2v) is 6.33. The molecule has 1 N–H and O–H groups in total. The van der Waals surface area contributed by atoms with E-state index in [9.17, 15) is 8.60 Å². The second kappa shape index (κ2) is 6.66. The van der Waals surface area contributed by atoms with Crippen molar-refractivity contribution < 1.29 is 13.2 Å². The summed E-state index contributed by atoms with van der Waals surface area (Å²) in [7, 11) is 0. The summed E-state index contributed by atoms with van der Waals surface area (Å²) in [6.07, 6.45) is 0. The average molecular weight is 350 g/mol. The molecule has 0 bridgehead atoms. The molecule has 0 amide bonds. The first kappa shape index (κ1) is 15.9. The minimum atomic E-state index is -1.86. The third-order valence-electron chi connectivity index (χ3n) is 3.46. The van der Waals surface area contributed by atoms with E-state index in [1.54, 1.807) is 30.3 Å². The van der Waals surface area contributed by atoms with Gasteiger partial charge in [0.1, 0.15) is 11.0 Å². The molecule has 118 valence electrons. The zero-order valence-corrected chi connectivity index (χ0v) is 13.5. The molecule has 3 nitrogen and oxygen atoms in total. The van der Waals surface area contributed by atoms with Gasteiger partial charge in [-0.3, -0.25) is 0 Å². The highest BCUT2D eigenvalue weighted by Crippen LogP contribution is 2.29. The van der Waals surface area contributed by atoms with Gasteiger partial charge in [-0.25, -0.2) is 8.60 Å². The van der Waals surface area contributed by atoms with Crippen molar-refractivity contribution in [2.24, 2.45) is 0 Å². The van der Waals surface area contributed by atoms with Gasteiger partial charge >= 0.3 is 0 Å². The van der Waals surface area contributed by atoms with E-state index in [1.165, 1.54) is 12.1 Å². The fourth-order valence-corrected chi connectivity index (χ4v) is 3.13. The Hall–Kier alpha value is -1.95. The second-order valence-electron chi connectivity index (χ2n) is 5.02. The van der Waals surface area contributed by atoms with Crippen molar-refractivity contribution >= 4 is 22.7 Å². The summed E-state index contributed by atoms with van der Waals surface area (Å²) < 4.78 is 34.7. The summed E-state index contributed by atoms with van der Waals surface area (Å²) >= 11 is 4.40. The van der Waals surface area contributed by atoms with Gasteiger partial charge in [-0.15, -0.1) is 0 Å². The third kappa shape index (κ3) is 3.52. The van der Waals surface area contributed by atoms with Gasteiger partial charge in [0.05, 0.1) is 11.4 Å². The van der Waals surface area contributed by atoms with Crippen molar-refractivity contribution in [3.05, 3.63) is 77.2 Å². The lowest BCUT2D eigenvalue weighted by Gasteiger charge is -2.11. The number of benzene rings is 2. The molecule has 3 aromatic rings. The van der Waals surface area contributed by atoms with Crippen LogP contribution in [-0.4, -0.2) is 13.3 Å². The molecule has 1 atom stereocenters. The van der Waals surface area contributed by atoms with Crippen molar-refractivity contribution in [2.45, 2.75) is 5.75 Å². The van der Waals surface area contributed by atoms with Crippen LogP contribution in [0.5, 0.6) is 0 Å². The smallest absolute Gasteiger partial charge is 0.157 e. The molecule has 3 rings (SSSR count). The SMILES string of the molecule is O=S(O)Cc1ccc(-c2ccc(Cl)n2-c2ccc(F)cc2)cc1. The Labute approximate surface area is 140 Å². The number of rotatable bonds is 4. The Balaban J connectivity index is 2.01. The lowest BCUT2D eigenvalue weighted by molar-refractivity contribution is 0.563. The molecule has 0 fully saturated rings. The van der Waals surface area contributed by atoms with Gasteiger partial charge in [-0.1, -0.05) is 35.9 Å². The lowest BCUT2D eigenvalue weighted by atomic mass is 10.1. The van der Waals surface area contributed by atoms with E-state index < -0.39 is 11.1 Å². The molecular formula is C17H13ClFNO2S. The lowest BCUT2D eigenvalue weighted by Crippen LogP contribution is -1.97. The van der Waals surface area contributed by atoms with Crippen LogP contribution < -0.4 is 0 Å². The first-order valence-corrected chi connectivity index (χ1v) is 8.50. The van der Waals surface area contributed by atoms with Crippen LogP contribution in [0.1, 0.15) is 5.56 Å². The molecular weight excluding hydrogens is 337 g/mol. The Morgan fingerprint density at radius 2 is 1.65 bits per heavy atom. The van der Waals surface area contributed by atoms with Crippen molar-refractivity contribution in [3.63, 3.8) is 0 Å². The topological polar surface area (TPSA) is 42.2 Å². The number of hydrogen-bond donors (Lipinski definition) is 1. The fourth-order valence-electron chi connectivity index (χ4n) is 2.40. The van der Waals surface area contributed by atoms with Gasteiger partial charge in [-0.05, 0) is 47.5 Å². The van der Waals surface area contributed by atoms with E-state index in [0.29, 0.717) is 5.15 Å². The van der Waals surface area contributed by atoms with Crippen LogP contribution in [0.2, 0.25) is 5.15 Å². The monoisotopic (exact) mass is 349 g/mol. The average Bonchev–Trinajstić information content (AvgIpc) is 2.90. The highest BCUT2D eigenvalue weighted by Gasteiger charge is 2.11. The number of halogens is 2.